The quantitative estimate of drug-likeness (QED) is 0.880. The number of benzene rings is 1. The van der Waals surface area contributed by atoms with E-state index in [0.29, 0.717) is 5.56 Å². The van der Waals surface area contributed by atoms with Crippen molar-refractivity contribution < 1.29 is 9.90 Å². The number of carbonyl (C=O) groups is 1. The summed E-state index contributed by atoms with van der Waals surface area (Å²) in [5, 5.41) is 12.3. The fourth-order valence-corrected chi connectivity index (χ4v) is 2.70. The summed E-state index contributed by atoms with van der Waals surface area (Å²) in [4.78, 5) is 19.6. The fourth-order valence-electron chi connectivity index (χ4n) is 2.70. The summed E-state index contributed by atoms with van der Waals surface area (Å²) in [6.45, 7) is 0.729. The molecule has 0 fully saturated rings. The van der Waals surface area contributed by atoms with Crippen molar-refractivity contribution >= 4 is 11.8 Å². The van der Waals surface area contributed by atoms with E-state index in [1.54, 1.807) is 24.5 Å². The van der Waals surface area contributed by atoms with Crippen LogP contribution in [0, 0.1) is 0 Å². The van der Waals surface area contributed by atoms with Crippen LogP contribution in [0.2, 0.25) is 0 Å². The number of nitrogens with one attached hydrogen (secondary N) is 1. The van der Waals surface area contributed by atoms with Gasteiger partial charge >= 0.3 is 5.97 Å². The first-order valence-corrected chi connectivity index (χ1v) is 7.13. The van der Waals surface area contributed by atoms with Gasteiger partial charge in [-0.15, -0.1) is 0 Å². The molecule has 0 amide bonds. The summed E-state index contributed by atoms with van der Waals surface area (Å²) >= 11 is 0. The molecule has 5 heteroatoms. The topological polar surface area (TPSA) is 75.1 Å². The number of hydrogen-bond donors (Lipinski definition) is 2. The molecule has 0 atom stereocenters. The number of hydrogen-bond acceptors (Lipinski definition) is 4. The molecular formula is C16H17N3O2. The van der Waals surface area contributed by atoms with Gasteiger partial charge < -0.3 is 10.4 Å². The summed E-state index contributed by atoms with van der Waals surface area (Å²) in [5.74, 6) is 0.0327. The summed E-state index contributed by atoms with van der Waals surface area (Å²) in [6, 6.07) is 7.05. The monoisotopic (exact) mass is 283 g/mol. The molecule has 1 aliphatic carbocycles. The van der Waals surface area contributed by atoms with E-state index >= 15 is 0 Å². The van der Waals surface area contributed by atoms with Gasteiger partial charge in [0.1, 0.15) is 12.1 Å². The summed E-state index contributed by atoms with van der Waals surface area (Å²) < 4.78 is 0. The largest absolute Gasteiger partial charge is 0.478 e. The standard InChI is InChI=1S/C16H17N3O2/c20-16(21)12-4-1-3-11(9-12)7-8-17-15-13-5-2-6-14(13)18-10-19-15/h1,3-4,9-10H,2,5-8H2,(H,20,21)(H,17,18,19). The van der Waals surface area contributed by atoms with Gasteiger partial charge in [0.25, 0.3) is 0 Å². The highest BCUT2D eigenvalue weighted by Gasteiger charge is 2.16. The Kier molecular flexibility index (Phi) is 3.81. The maximum atomic E-state index is 10.9. The zero-order valence-corrected chi connectivity index (χ0v) is 11.7. The van der Waals surface area contributed by atoms with E-state index in [2.05, 4.69) is 15.3 Å². The van der Waals surface area contributed by atoms with Crippen molar-refractivity contribution in [2.75, 3.05) is 11.9 Å². The minimum Gasteiger partial charge on any atom is -0.478 e. The second-order valence-electron chi connectivity index (χ2n) is 5.18. The molecular weight excluding hydrogens is 266 g/mol. The van der Waals surface area contributed by atoms with Crippen LogP contribution in [0.4, 0.5) is 5.82 Å². The van der Waals surface area contributed by atoms with Crippen LogP contribution < -0.4 is 5.32 Å². The van der Waals surface area contributed by atoms with Crippen LogP contribution in [0.1, 0.15) is 33.6 Å². The minimum atomic E-state index is -0.890. The van der Waals surface area contributed by atoms with Crippen LogP contribution in [0.5, 0.6) is 0 Å². The fraction of sp³-hybridized carbons (Fsp3) is 0.312. The van der Waals surface area contributed by atoms with E-state index in [4.69, 9.17) is 5.11 Å². The van der Waals surface area contributed by atoms with E-state index in [9.17, 15) is 4.79 Å². The van der Waals surface area contributed by atoms with Crippen LogP contribution >= 0.6 is 0 Å². The van der Waals surface area contributed by atoms with E-state index in [1.165, 1.54) is 5.56 Å². The SMILES string of the molecule is O=C(O)c1cccc(CCNc2ncnc3c2CCC3)c1. The van der Waals surface area contributed by atoms with Gasteiger partial charge in [0, 0.05) is 17.8 Å². The number of fused-ring (bicyclic) bond motifs is 1. The van der Waals surface area contributed by atoms with Crippen LogP contribution in [-0.4, -0.2) is 27.6 Å². The van der Waals surface area contributed by atoms with Gasteiger partial charge in [0.05, 0.1) is 5.56 Å². The first kappa shape index (κ1) is 13.5. The van der Waals surface area contributed by atoms with Gasteiger partial charge in [-0.1, -0.05) is 12.1 Å². The van der Waals surface area contributed by atoms with E-state index < -0.39 is 5.97 Å². The van der Waals surface area contributed by atoms with Crippen molar-refractivity contribution in [2.45, 2.75) is 25.7 Å². The number of carboxylic acid groups (broad SMARTS) is 1. The molecule has 3 rings (SSSR count). The normalized spacial score (nSPS) is 13.0. The molecule has 1 aromatic carbocycles. The Labute approximate surface area is 123 Å². The highest BCUT2D eigenvalue weighted by atomic mass is 16.4. The maximum Gasteiger partial charge on any atom is 0.335 e. The number of aromatic nitrogens is 2. The average Bonchev–Trinajstić information content (AvgIpc) is 2.97. The van der Waals surface area contributed by atoms with Gasteiger partial charge in [-0.3, -0.25) is 0 Å². The van der Waals surface area contributed by atoms with Crippen molar-refractivity contribution in [1.29, 1.82) is 0 Å². The zero-order chi connectivity index (χ0) is 14.7. The molecule has 0 saturated carbocycles. The molecule has 1 aliphatic rings. The van der Waals surface area contributed by atoms with Crippen LogP contribution in [-0.2, 0) is 19.3 Å². The van der Waals surface area contributed by atoms with Crippen molar-refractivity contribution in [2.24, 2.45) is 0 Å². The Bertz CT molecular complexity index is 670. The molecule has 2 aromatic rings. The second kappa shape index (κ2) is 5.91. The Morgan fingerprint density at radius 2 is 2.19 bits per heavy atom. The van der Waals surface area contributed by atoms with Crippen LogP contribution in [0.3, 0.4) is 0 Å². The molecule has 1 heterocycles. The van der Waals surface area contributed by atoms with Crippen molar-refractivity contribution in [3.8, 4) is 0 Å². The lowest BCUT2D eigenvalue weighted by atomic mass is 10.1. The van der Waals surface area contributed by atoms with Gasteiger partial charge in [-0.05, 0) is 43.4 Å². The molecule has 0 bridgehead atoms. The summed E-state index contributed by atoms with van der Waals surface area (Å²) in [6.07, 6.45) is 5.58. The van der Waals surface area contributed by atoms with E-state index in [1.807, 2.05) is 6.07 Å². The Hall–Kier alpha value is -2.43. The predicted octanol–water partition coefficient (Wildman–Crippen LogP) is 2.32. The highest BCUT2D eigenvalue weighted by molar-refractivity contribution is 5.87. The van der Waals surface area contributed by atoms with Gasteiger partial charge in [-0.25, -0.2) is 14.8 Å². The molecule has 108 valence electrons. The molecule has 2 N–H and O–H groups in total. The lowest BCUT2D eigenvalue weighted by Gasteiger charge is -2.09. The smallest absolute Gasteiger partial charge is 0.335 e. The van der Waals surface area contributed by atoms with Gasteiger partial charge in [0.2, 0.25) is 0 Å². The molecule has 5 nitrogen and oxygen atoms in total. The Morgan fingerprint density at radius 3 is 3.05 bits per heavy atom. The van der Waals surface area contributed by atoms with Crippen LogP contribution in [0.15, 0.2) is 30.6 Å². The average molecular weight is 283 g/mol. The van der Waals surface area contributed by atoms with Crippen molar-refractivity contribution in [1.82, 2.24) is 9.97 Å². The van der Waals surface area contributed by atoms with Crippen molar-refractivity contribution in [3.63, 3.8) is 0 Å². The third kappa shape index (κ3) is 3.02. The highest BCUT2D eigenvalue weighted by Crippen LogP contribution is 2.24. The number of rotatable bonds is 5. The number of aromatic carboxylic acids is 1. The maximum absolute atomic E-state index is 10.9. The lowest BCUT2D eigenvalue weighted by Crippen LogP contribution is -2.09. The third-order valence-corrected chi connectivity index (χ3v) is 3.76. The Balaban J connectivity index is 1.63. The minimum absolute atomic E-state index is 0.329. The summed E-state index contributed by atoms with van der Waals surface area (Å²) in [5.41, 5.74) is 3.72. The number of carboxylic acids is 1. The summed E-state index contributed by atoms with van der Waals surface area (Å²) in [7, 11) is 0. The zero-order valence-electron chi connectivity index (χ0n) is 11.7. The number of nitrogens with zero attached hydrogens (tertiary/aromatic N) is 2. The molecule has 0 saturated heterocycles. The van der Waals surface area contributed by atoms with Crippen LogP contribution in [0.25, 0.3) is 0 Å². The molecule has 0 radical (unpaired) electrons. The van der Waals surface area contributed by atoms with Gasteiger partial charge in [0.15, 0.2) is 0 Å². The number of anilines is 1. The first-order chi connectivity index (χ1) is 10.2. The van der Waals surface area contributed by atoms with Crippen molar-refractivity contribution in [3.05, 3.63) is 53.0 Å². The second-order valence-corrected chi connectivity index (χ2v) is 5.18. The van der Waals surface area contributed by atoms with E-state index in [0.717, 1.165) is 49.3 Å². The van der Waals surface area contributed by atoms with E-state index in [-0.39, 0.29) is 0 Å². The lowest BCUT2D eigenvalue weighted by molar-refractivity contribution is 0.0697. The molecule has 21 heavy (non-hydrogen) atoms. The molecule has 0 aliphatic heterocycles. The number of aryl methyl sites for hydroxylation is 1. The molecule has 0 unspecified atom stereocenters. The first-order valence-electron chi connectivity index (χ1n) is 7.13. The van der Waals surface area contributed by atoms with Gasteiger partial charge in [-0.2, -0.15) is 0 Å². The Morgan fingerprint density at radius 1 is 1.29 bits per heavy atom. The molecule has 1 aromatic heterocycles. The predicted molar refractivity (Wildman–Crippen MR) is 79.7 cm³/mol. The molecule has 0 spiro atoms. The third-order valence-electron chi connectivity index (χ3n) is 3.76.